The fraction of sp³-hybridized carbons (Fsp3) is 0.286. The molecular weight excluding hydrogens is 226 g/mol. The Labute approximate surface area is 105 Å². The molecule has 0 bridgehead atoms. The normalized spacial score (nSPS) is 17.5. The molecule has 1 aliphatic rings. The molecule has 2 aromatic rings. The monoisotopic (exact) mass is 239 g/mol. The molecule has 1 atom stereocenters. The van der Waals surface area contributed by atoms with Crippen LogP contribution in [-0.2, 0) is 13.0 Å². The van der Waals surface area contributed by atoms with Crippen LogP contribution in [0.1, 0.15) is 16.8 Å². The smallest absolute Gasteiger partial charge is 0.0991 e. The third kappa shape index (κ3) is 1.60. The second kappa shape index (κ2) is 3.97. The van der Waals surface area contributed by atoms with Crippen LogP contribution in [0.25, 0.3) is 11.1 Å². The highest BCUT2D eigenvalue weighted by Gasteiger charge is 2.24. The first-order chi connectivity index (χ1) is 8.69. The van der Waals surface area contributed by atoms with E-state index in [0.717, 1.165) is 22.4 Å². The minimum atomic E-state index is -0.328. The standard InChI is InChI=1S/C14H13N3O/c1-9-4-10(6-15)2-3-12(9)13-7-16-17-8-11(18)5-14(13)17/h2-4,7,11,18H,5,8H2,1H3/t11-/m1/s1. The molecule has 1 aliphatic heterocycles. The van der Waals surface area contributed by atoms with Crippen LogP contribution in [0.3, 0.4) is 0 Å². The van der Waals surface area contributed by atoms with Crippen molar-refractivity contribution in [2.45, 2.75) is 26.0 Å². The fourth-order valence-corrected chi connectivity index (χ4v) is 2.53. The van der Waals surface area contributed by atoms with Gasteiger partial charge in [-0.05, 0) is 30.2 Å². The lowest BCUT2D eigenvalue weighted by atomic mass is 9.98. The van der Waals surface area contributed by atoms with Crippen molar-refractivity contribution in [3.63, 3.8) is 0 Å². The van der Waals surface area contributed by atoms with E-state index in [1.54, 1.807) is 0 Å². The van der Waals surface area contributed by atoms with Gasteiger partial charge in [0.1, 0.15) is 0 Å². The van der Waals surface area contributed by atoms with E-state index in [1.165, 1.54) is 0 Å². The largest absolute Gasteiger partial charge is 0.391 e. The van der Waals surface area contributed by atoms with Crippen molar-refractivity contribution in [3.8, 4) is 17.2 Å². The molecule has 0 radical (unpaired) electrons. The van der Waals surface area contributed by atoms with Crippen molar-refractivity contribution >= 4 is 0 Å². The van der Waals surface area contributed by atoms with Crippen LogP contribution in [0.5, 0.6) is 0 Å². The molecule has 1 aromatic heterocycles. The molecule has 0 saturated carbocycles. The molecule has 3 rings (SSSR count). The third-order valence-electron chi connectivity index (χ3n) is 3.41. The second-order valence-electron chi connectivity index (χ2n) is 4.69. The highest BCUT2D eigenvalue weighted by molar-refractivity contribution is 5.70. The zero-order valence-corrected chi connectivity index (χ0v) is 10.1. The summed E-state index contributed by atoms with van der Waals surface area (Å²) in [5.41, 5.74) is 4.96. The van der Waals surface area contributed by atoms with Gasteiger partial charge in [0.15, 0.2) is 0 Å². The van der Waals surface area contributed by atoms with Crippen LogP contribution >= 0.6 is 0 Å². The number of fused-ring (bicyclic) bond motifs is 1. The molecule has 0 aliphatic carbocycles. The van der Waals surface area contributed by atoms with E-state index in [9.17, 15) is 5.11 Å². The summed E-state index contributed by atoms with van der Waals surface area (Å²) >= 11 is 0. The molecular formula is C14H13N3O. The van der Waals surface area contributed by atoms with Gasteiger partial charge in [-0.3, -0.25) is 4.68 Å². The van der Waals surface area contributed by atoms with Crippen LogP contribution in [0.2, 0.25) is 0 Å². The molecule has 0 amide bonds. The summed E-state index contributed by atoms with van der Waals surface area (Å²) < 4.78 is 1.86. The molecule has 1 N–H and O–H groups in total. The Balaban J connectivity index is 2.09. The van der Waals surface area contributed by atoms with Gasteiger partial charge in [0.25, 0.3) is 0 Å². The number of hydrogen-bond donors (Lipinski definition) is 1. The average Bonchev–Trinajstić information content (AvgIpc) is 2.88. The van der Waals surface area contributed by atoms with Gasteiger partial charge in [-0.2, -0.15) is 10.4 Å². The predicted octanol–water partition coefficient (Wildman–Crippen LogP) is 1.65. The second-order valence-corrected chi connectivity index (χ2v) is 4.69. The van der Waals surface area contributed by atoms with Gasteiger partial charge < -0.3 is 5.11 Å². The molecule has 0 saturated heterocycles. The number of aromatic nitrogens is 2. The van der Waals surface area contributed by atoms with E-state index in [0.29, 0.717) is 18.5 Å². The van der Waals surface area contributed by atoms with E-state index >= 15 is 0 Å². The lowest BCUT2D eigenvalue weighted by molar-refractivity contribution is 0.173. The van der Waals surface area contributed by atoms with Crippen LogP contribution in [0.15, 0.2) is 24.4 Å². The number of nitriles is 1. The van der Waals surface area contributed by atoms with Crippen molar-refractivity contribution < 1.29 is 5.11 Å². The lowest BCUT2D eigenvalue weighted by Crippen LogP contribution is -2.07. The zero-order chi connectivity index (χ0) is 12.7. The summed E-state index contributed by atoms with van der Waals surface area (Å²) in [4.78, 5) is 0. The fourth-order valence-electron chi connectivity index (χ4n) is 2.53. The van der Waals surface area contributed by atoms with Crippen molar-refractivity contribution in [1.29, 1.82) is 5.26 Å². The average molecular weight is 239 g/mol. The molecule has 90 valence electrons. The summed E-state index contributed by atoms with van der Waals surface area (Å²) in [6.45, 7) is 2.57. The number of aliphatic hydroxyl groups excluding tert-OH is 1. The first-order valence-electron chi connectivity index (χ1n) is 5.93. The SMILES string of the molecule is Cc1cc(C#N)ccc1-c1cnn2c1C[C@@H](O)C2. The highest BCUT2D eigenvalue weighted by atomic mass is 16.3. The van der Waals surface area contributed by atoms with Gasteiger partial charge in [-0.25, -0.2) is 0 Å². The zero-order valence-electron chi connectivity index (χ0n) is 10.1. The Morgan fingerprint density at radius 2 is 2.28 bits per heavy atom. The van der Waals surface area contributed by atoms with Crippen LogP contribution < -0.4 is 0 Å². The number of benzene rings is 1. The molecule has 0 unspecified atom stereocenters. The van der Waals surface area contributed by atoms with Crippen molar-refractivity contribution in [1.82, 2.24) is 9.78 Å². The van der Waals surface area contributed by atoms with Crippen LogP contribution in [0.4, 0.5) is 0 Å². The highest BCUT2D eigenvalue weighted by Crippen LogP contribution is 2.30. The molecule has 18 heavy (non-hydrogen) atoms. The third-order valence-corrected chi connectivity index (χ3v) is 3.41. The summed E-state index contributed by atoms with van der Waals surface area (Å²) in [5, 5.41) is 22.8. The number of aliphatic hydroxyl groups is 1. The van der Waals surface area contributed by atoms with Crippen molar-refractivity contribution in [2.75, 3.05) is 0 Å². The van der Waals surface area contributed by atoms with E-state index in [-0.39, 0.29) is 6.10 Å². The predicted molar refractivity (Wildman–Crippen MR) is 66.8 cm³/mol. The van der Waals surface area contributed by atoms with Crippen LogP contribution in [-0.4, -0.2) is 21.0 Å². The van der Waals surface area contributed by atoms with E-state index in [4.69, 9.17) is 5.26 Å². The van der Waals surface area contributed by atoms with Crippen LogP contribution in [0, 0.1) is 18.3 Å². The Kier molecular flexibility index (Phi) is 2.42. The number of nitrogens with zero attached hydrogens (tertiary/aromatic N) is 3. The van der Waals surface area contributed by atoms with E-state index in [2.05, 4.69) is 11.2 Å². The first kappa shape index (κ1) is 11.0. The summed E-state index contributed by atoms with van der Waals surface area (Å²) in [5.74, 6) is 0. The number of aryl methyl sites for hydroxylation is 1. The van der Waals surface area contributed by atoms with Gasteiger partial charge in [0.05, 0.1) is 30.5 Å². The topological polar surface area (TPSA) is 61.8 Å². The molecule has 2 heterocycles. The Morgan fingerprint density at radius 3 is 3.00 bits per heavy atom. The minimum absolute atomic E-state index is 0.328. The van der Waals surface area contributed by atoms with E-state index < -0.39 is 0 Å². The maximum Gasteiger partial charge on any atom is 0.0991 e. The quantitative estimate of drug-likeness (QED) is 0.823. The van der Waals surface area contributed by atoms with Crippen molar-refractivity contribution in [2.24, 2.45) is 0 Å². The van der Waals surface area contributed by atoms with Gasteiger partial charge in [-0.15, -0.1) is 0 Å². The molecule has 1 aromatic carbocycles. The summed E-state index contributed by atoms with van der Waals surface area (Å²) in [7, 11) is 0. The Morgan fingerprint density at radius 1 is 1.44 bits per heavy atom. The van der Waals surface area contributed by atoms with E-state index in [1.807, 2.05) is 36.0 Å². The Hall–Kier alpha value is -2.12. The van der Waals surface area contributed by atoms with Gasteiger partial charge in [0.2, 0.25) is 0 Å². The number of hydrogen-bond acceptors (Lipinski definition) is 3. The lowest BCUT2D eigenvalue weighted by Gasteiger charge is -2.06. The summed E-state index contributed by atoms with van der Waals surface area (Å²) in [6, 6.07) is 7.79. The number of rotatable bonds is 1. The van der Waals surface area contributed by atoms with Crippen molar-refractivity contribution in [3.05, 3.63) is 41.2 Å². The maximum absolute atomic E-state index is 9.66. The molecule has 0 fully saturated rings. The summed E-state index contributed by atoms with van der Waals surface area (Å²) in [6.07, 6.45) is 2.16. The van der Waals surface area contributed by atoms with Gasteiger partial charge in [0, 0.05) is 17.7 Å². The Bertz CT molecular complexity index is 652. The molecule has 0 spiro atoms. The van der Waals surface area contributed by atoms with Gasteiger partial charge >= 0.3 is 0 Å². The van der Waals surface area contributed by atoms with Gasteiger partial charge in [-0.1, -0.05) is 6.07 Å². The maximum atomic E-state index is 9.66. The first-order valence-corrected chi connectivity index (χ1v) is 5.93. The minimum Gasteiger partial charge on any atom is -0.391 e. The molecule has 4 nitrogen and oxygen atoms in total. The molecule has 4 heteroatoms.